The second-order valence-corrected chi connectivity index (χ2v) is 7.48. The van der Waals surface area contributed by atoms with Gasteiger partial charge in [0.15, 0.2) is 0 Å². The molecule has 1 unspecified atom stereocenters. The van der Waals surface area contributed by atoms with Crippen LogP contribution in [0.4, 0.5) is 13.2 Å². The molecule has 0 saturated carbocycles. The van der Waals surface area contributed by atoms with Crippen molar-refractivity contribution in [3.8, 4) is 0 Å². The highest BCUT2D eigenvalue weighted by molar-refractivity contribution is 5.86. The van der Waals surface area contributed by atoms with Crippen LogP contribution in [0.15, 0.2) is 30.3 Å². The Balaban J connectivity index is 2.57. The molecule has 7 nitrogen and oxygen atoms in total. The minimum absolute atomic E-state index is 0.0199. The summed E-state index contributed by atoms with van der Waals surface area (Å²) >= 11 is 0. The molecule has 0 heterocycles. The molecule has 1 amide bonds. The number of benzene rings is 1. The van der Waals surface area contributed by atoms with Gasteiger partial charge in [-0.3, -0.25) is 9.59 Å². The van der Waals surface area contributed by atoms with Gasteiger partial charge >= 0.3 is 18.1 Å². The number of carbonyl (C=O) groups is 3. The lowest BCUT2D eigenvalue weighted by Gasteiger charge is -2.31. The second-order valence-electron chi connectivity index (χ2n) is 7.48. The largest absolute Gasteiger partial charge is 0.490 e. The van der Waals surface area contributed by atoms with Crippen molar-refractivity contribution in [1.82, 2.24) is 5.32 Å². The molecule has 1 aromatic rings. The zero-order valence-corrected chi connectivity index (χ0v) is 16.4. The summed E-state index contributed by atoms with van der Waals surface area (Å²) in [5.74, 6) is -3.83. The Morgan fingerprint density at radius 2 is 1.66 bits per heavy atom. The maximum absolute atomic E-state index is 12.3. The first kappa shape index (κ1) is 24.4. The van der Waals surface area contributed by atoms with E-state index in [9.17, 15) is 27.6 Å². The van der Waals surface area contributed by atoms with Crippen LogP contribution in [0.2, 0.25) is 0 Å². The van der Waals surface area contributed by atoms with Gasteiger partial charge in [0.1, 0.15) is 13.2 Å². The molecule has 29 heavy (non-hydrogen) atoms. The highest BCUT2D eigenvalue weighted by Crippen LogP contribution is 2.22. The van der Waals surface area contributed by atoms with E-state index in [0.717, 1.165) is 5.56 Å². The number of ether oxygens (including phenoxy) is 2. The highest BCUT2D eigenvalue weighted by Gasteiger charge is 2.42. The molecule has 0 aliphatic rings. The van der Waals surface area contributed by atoms with E-state index < -0.39 is 54.5 Å². The lowest BCUT2D eigenvalue weighted by molar-refractivity contribution is -0.201. The van der Waals surface area contributed by atoms with Crippen molar-refractivity contribution in [1.29, 1.82) is 0 Å². The van der Waals surface area contributed by atoms with Crippen LogP contribution in [0.3, 0.4) is 0 Å². The molecule has 0 aromatic heterocycles. The van der Waals surface area contributed by atoms with Crippen molar-refractivity contribution < 1.29 is 37.0 Å². The molecule has 0 radical (unpaired) electrons. The van der Waals surface area contributed by atoms with E-state index in [1.54, 1.807) is 45.0 Å². The fourth-order valence-corrected chi connectivity index (χ4v) is 2.10. The van der Waals surface area contributed by atoms with E-state index >= 15 is 0 Å². The topological polar surface area (TPSA) is 108 Å². The van der Waals surface area contributed by atoms with E-state index in [2.05, 4.69) is 10.1 Å². The zero-order valence-electron chi connectivity index (χ0n) is 16.4. The third-order valence-electron chi connectivity index (χ3n) is 3.94. The Bertz CT molecular complexity index is 702. The molecule has 0 fully saturated rings. The molecule has 1 rings (SSSR count). The smallest absolute Gasteiger partial charge is 0.461 e. The van der Waals surface area contributed by atoms with Crippen LogP contribution in [0.5, 0.6) is 0 Å². The van der Waals surface area contributed by atoms with Gasteiger partial charge in [-0.25, -0.2) is 4.79 Å². The van der Waals surface area contributed by atoms with Crippen molar-refractivity contribution in [3.05, 3.63) is 35.9 Å². The van der Waals surface area contributed by atoms with E-state index in [1.165, 1.54) is 0 Å². The van der Waals surface area contributed by atoms with Gasteiger partial charge in [0.25, 0.3) is 0 Å². The predicted octanol–water partition coefficient (Wildman–Crippen LogP) is 2.08. The molecule has 0 saturated heterocycles. The van der Waals surface area contributed by atoms with Gasteiger partial charge < -0.3 is 20.5 Å². The van der Waals surface area contributed by atoms with E-state index in [4.69, 9.17) is 10.5 Å². The Labute approximate surface area is 166 Å². The predicted molar refractivity (Wildman–Crippen MR) is 97.2 cm³/mol. The Kier molecular flexibility index (Phi) is 8.62. The third kappa shape index (κ3) is 8.95. The molecule has 0 bridgehead atoms. The van der Waals surface area contributed by atoms with Crippen LogP contribution in [0, 0.1) is 5.41 Å². The minimum Gasteiger partial charge on any atom is -0.461 e. The third-order valence-corrected chi connectivity index (χ3v) is 3.94. The summed E-state index contributed by atoms with van der Waals surface area (Å²) in [5.41, 5.74) is 5.72. The van der Waals surface area contributed by atoms with Crippen LogP contribution in [-0.2, 0) is 30.5 Å². The summed E-state index contributed by atoms with van der Waals surface area (Å²) in [6, 6.07) is 6.66. The number of alkyl halides is 3. The number of carbonyl (C=O) groups excluding carboxylic acids is 3. The fourth-order valence-electron chi connectivity index (χ4n) is 2.10. The van der Waals surface area contributed by atoms with Gasteiger partial charge in [-0.1, -0.05) is 51.1 Å². The second kappa shape index (κ2) is 10.2. The molecule has 0 spiro atoms. The lowest BCUT2D eigenvalue weighted by Crippen LogP contribution is -2.53. The van der Waals surface area contributed by atoms with Gasteiger partial charge in [0.05, 0.1) is 18.5 Å². The number of nitrogens with two attached hydrogens (primary N) is 1. The van der Waals surface area contributed by atoms with Crippen molar-refractivity contribution in [3.63, 3.8) is 0 Å². The summed E-state index contributed by atoms with van der Waals surface area (Å²) in [6.07, 6.45) is -5.55. The summed E-state index contributed by atoms with van der Waals surface area (Å²) in [5, 5.41) is 2.43. The van der Waals surface area contributed by atoms with Gasteiger partial charge in [-0.15, -0.1) is 0 Å². The molecular weight excluding hydrogens is 393 g/mol. The Morgan fingerprint density at radius 1 is 1.07 bits per heavy atom. The van der Waals surface area contributed by atoms with Gasteiger partial charge in [-0.2, -0.15) is 13.2 Å². The van der Waals surface area contributed by atoms with Gasteiger partial charge in [-0.05, 0) is 11.0 Å². The van der Waals surface area contributed by atoms with Crippen molar-refractivity contribution in [2.24, 2.45) is 11.1 Å². The van der Waals surface area contributed by atoms with Crippen LogP contribution >= 0.6 is 0 Å². The first-order valence-corrected chi connectivity index (χ1v) is 8.80. The number of halogens is 3. The van der Waals surface area contributed by atoms with Crippen LogP contribution < -0.4 is 11.1 Å². The van der Waals surface area contributed by atoms with Crippen molar-refractivity contribution >= 4 is 17.8 Å². The molecular formula is C19H25F3N2O5. The highest BCUT2D eigenvalue weighted by atomic mass is 19.4. The Morgan fingerprint density at radius 3 is 2.17 bits per heavy atom. The Hall–Kier alpha value is -2.62. The van der Waals surface area contributed by atoms with Gasteiger partial charge in [0.2, 0.25) is 5.91 Å². The number of hydrogen-bond acceptors (Lipinski definition) is 6. The summed E-state index contributed by atoms with van der Waals surface area (Å²) in [4.78, 5) is 35.0. The standard InChI is InChI=1S/C19H25F3N2O5/c1-18(2,3)14(11-29-17(27)19(20,21)22)24-16(26)13(23)9-15(25)28-10-12-7-5-4-6-8-12/h4-8,13-14H,9-11,23H2,1-3H3,(H,24,26)/t13-,14?/m1/s1. The molecule has 2 atom stereocenters. The summed E-state index contributed by atoms with van der Waals surface area (Å²) in [6.45, 7) is 4.24. The van der Waals surface area contributed by atoms with Crippen LogP contribution in [0.25, 0.3) is 0 Å². The average molecular weight is 418 g/mol. The number of hydrogen-bond donors (Lipinski definition) is 2. The fraction of sp³-hybridized carbons (Fsp3) is 0.526. The van der Waals surface area contributed by atoms with E-state index in [0.29, 0.717) is 0 Å². The first-order chi connectivity index (χ1) is 13.3. The number of amides is 1. The normalized spacial score (nSPS) is 13.9. The number of esters is 2. The van der Waals surface area contributed by atoms with Crippen LogP contribution in [-0.4, -0.2) is 42.7 Å². The molecule has 0 aliphatic heterocycles. The summed E-state index contributed by atoms with van der Waals surface area (Å²) < 4.78 is 46.2. The maximum Gasteiger partial charge on any atom is 0.490 e. The maximum atomic E-state index is 12.3. The van der Waals surface area contributed by atoms with E-state index in [-0.39, 0.29) is 6.61 Å². The molecule has 162 valence electrons. The molecule has 10 heteroatoms. The molecule has 0 aliphatic carbocycles. The average Bonchev–Trinajstić information content (AvgIpc) is 2.61. The van der Waals surface area contributed by atoms with Crippen molar-refractivity contribution in [2.45, 2.75) is 52.1 Å². The number of rotatable bonds is 8. The summed E-state index contributed by atoms with van der Waals surface area (Å²) in [7, 11) is 0. The lowest BCUT2D eigenvalue weighted by atomic mass is 9.87. The monoisotopic (exact) mass is 418 g/mol. The quantitative estimate of drug-likeness (QED) is 0.626. The van der Waals surface area contributed by atoms with Crippen LogP contribution in [0.1, 0.15) is 32.8 Å². The molecule has 3 N–H and O–H groups in total. The molecule has 1 aromatic carbocycles. The van der Waals surface area contributed by atoms with E-state index in [1.807, 2.05) is 6.07 Å². The van der Waals surface area contributed by atoms with Gasteiger partial charge in [0, 0.05) is 0 Å². The SMILES string of the molecule is CC(C)(C)C(COC(=O)C(F)(F)F)NC(=O)[C@H](N)CC(=O)OCc1ccccc1. The number of nitrogens with one attached hydrogen (secondary N) is 1. The van der Waals surface area contributed by atoms with Crippen molar-refractivity contribution in [2.75, 3.05) is 6.61 Å². The zero-order chi connectivity index (χ0) is 22.2. The minimum atomic E-state index is -5.13. The first-order valence-electron chi connectivity index (χ1n) is 8.80.